The average Bonchev–Trinajstić information content (AvgIpc) is 3.16. The maximum absolute atomic E-state index is 9.68. The van der Waals surface area contributed by atoms with Crippen LogP contribution in [-0.4, -0.2) is 25.6 Å². The second kappa shape index (κ2) is 6.51. The van der Waals surface area contributed by atoms with Crippen LogP contribution < -0.4 is 18.9 Å². The van der Waals surface area contributed by atoms with E-state index in [0.29, 0.717) is 25.1 Å². The Balaban J connectivity index is 0.000000149. The van der Waals surface area contributed by atoms with Gasteiger partial charge in [0.1, 0.15) is 5.75 Å². The Labute approximate surface area is 141 Å². The van der Waals surface area contributed by atoms with Crippen molar-refractivity contribution in [3.8, 4) is 28.7 Å². The Hall–Kier alpha value is -2.56. The van der Waals surface area contributed by atoms with E-state index in [4.69, 9.17) is 18.9 Å². The standard InChI is InChI=1S/C11H14O3.C8H8O2/c1-6-5-14-11-8(6)4-9(12)7(2)10(11)13-3;1-6-2-3-7-8(4-6)10-5-9-7/h4,6,12H,5H2,1-3H3;2-4H,5H2,1H3/t6-;/m1./s1. The molecule has 2 aliphatic rings. The third-order valence-corrected chi connectivity index (χ3v) is 4.23. The normalized spacial score (nSPS) is 16.8. The lowest BCUT2D eigenvalue weighted by atomic mass is 10.0. The van der Waals surface area contributed by atoms with Gasteiger partial charge in [0, 0.05) is 17.0 Å². The van der Waals surface area contributed by atoms with E-state index in [1.807, 2.05) is 32.0 Å². The largest absolute Gasteiger partial charge is 0.508 e. The van der Waals surface area contributed by atoms with Crippen LogP contribution in [0.15, 0.2) is 24.3 Å². The maximum Gasteiger partial charge on any atom is 0.231 e. The molecule has 0 unspecified atom stereocenters. The molecule has 0 saturated carbocycles. The van der Waals surface area contributed by atoms with Crippen LogP contribution in [0, 0.1) is 13.8 Å². The summed E-state index contributed by atoms with van der Waals surface area (Å²) in [4.78, 5) is 0. The van der Waals surface area contributed by atoms with Crippen molar-refractivity contribution in [2.75, 3.05) is 20.5 Å². The summed E-state index contributed by atoms with van der Waals surface area (Å²) in [6, 6.07) is 7.68. The van der Waals surface area contributed by atoms with Crippen LogP contribution in [0.25, 0.3) is 0 Å². The molecule has 24 heavy (non-hydrogen) atoms. The van der Waals surface area contributed by atoms with Gasteiger partial charge in [0.2, 0.25) is 6.79 Å². The van der Waals surface area contributed by atoms with Gasteiger partial charge in [0.15, 0.2) is 23.0 Å². The van der Waals surface area contributed by atoms with Crippen molar-refractivity contribution in [2.45, 2.75) is 26.7 Å². The van der Waals surface area contributed by atoms with Crippen molar-refractivity contribution >= 4 is 0 Å². The molecule has 5 nitrogen and oxygen atoms in total. The lowest BCUT2D eigenvalue weighted by Gasteiger charge is -2.11. The number of phenolic OH excluding ortho intramolecular Hbond substituents is 1. The highest BCUT2D eigenvalue weighted by atomic mass is 16.7. The Kier molecular flexibility index (Phi) is 4.42. The lowest BCUT2D eigenvalue weighted by molar-refractivity contribution is 0.174. The van der Waals surface area contributed by atoms with Gasteiger partial charge in [-0.1, -0.05) is 13.0 Å². The molecule has 2 aromatic rings. The van der Waals surface area contributed by atoms with Crippen LogP contribution in [-0.2, 0) is 0 Å². The van der Waals surface area contributed by atoms with E-state index in [2.05, 4.69) is 6.92 Å². The number of ether oxygens (including phenoxy) is 4. The van der Waals surface area contributed by atoms with Crippen LogP contribution >= 0.6 is 0 Å². The molecule has 4 rings (SSSR count). The molecule has 0 aromatic heterocycles. The second-order valence-electron chi connectivity index (χ2n) is 6.04. The van der Waals surface area contributed by atoms with Gasteiger partial charge < -0.3 is 24.1 Å². The first-order valence-corrected chi connectivity index (χ1v) is 7.90. The van der Waals surface area contributed by atoms with E-state index in [0.717, 1.165) is 28.4 Å². The summed E-state index contributed by atoms with van der Waals surface area (Å²) in [6.45, 7) is 6.94. The minimum absolute atomic E-state index is 0.276. The first-order chi connectivity index (χ1) is 11.5. The number of aryl methyl sites for hydroxylation is 1. The molecule has 0 fully saturated rings. The Bertz CT molecular complexity index is 754. The molecule has 0 aliphatic carbocycles. The number of methoxy groups -OCH3 is 1. The average molecular weight is 330 g/mol. The van der Waals surface area contributed by atoms with Crippen molar-refractivity contribution in [1.29, 1.82) is 0 Å². The fourth-order valence-corrected chi connectivity index (χ4v) is 2.80. The van der Waals surface area contributed by atoms with Gasteiger partial charge in [-0.25, -0.2) is 0 Å². The number of benzene rings is 2. The predicted octanol–water partition coefficient (Wildman–Crippen LogP) is 3.93. The number of fused-ring (bicyclic) bond motifs is 2. The first-order valence-electron chi connectivity index (χ1n) is 7.90. The van der Waals surface area contributed by atoms with E-state index in [1.165, 1.54) is 5.56 Å². The van der Waals surface area contributed by atoms with Gasteiger partial charge >= 0.3 is 0 Å². The number of hydrogen-bond donors (Lipinski definition) is 1. The van der Waals surface area contributed by atoms with Gasteiger partial charge in [-0.15, -0.1) is 0 Å². The van der Waals surface area contributed by atoms with Crippen molar-refractivity contribution < 1.29 is 24.1 Å². The van der Waals surface area contributed by atoms with Crippen LogP contribution in [0.1, 0.15) is 29.5 Å². The number of phenols is 1. The summed E-state index contributed by atoms with van der Waals surface area (Å²) in [5.74, 6) is 3.76. The van der Waals surface area contributed by atoms with Crippen LogP contribution in [0.5, 0.6) is 28.7 Å². The smallest absolute Gasteiger partial charge is 0.231 e. The van der Waals surface area contributed by atoms with Crippen molar-refractivity contribution in [1.82, 2.24) is 0 Å². The molecule has 0 bridgehead atoms. The summed E-state index contributed by atoms with van der Waals surface area (Å²) in [6.07, 6.45) is 0. The Morgan fingerprint density at radius 3 is 2.58 bits per heavy atom. The minimum atomic E-state index is 0.276. The zero-order chi connectivity index (χ0) is 17.3. The fraction of sp³-hybridized carbons (Fsp3) is 0.368. The summed E-state index contributed by atoms with van der Waals surface area (Å²) in [5, 5.41) is 9.68. The number of rotatable bonds is 1. The van der Waals surface area contributed by atoms with Gasteiger partial charge in [-0.2, -0.15) is 0 Å². The number of aromatic hydroxyl groups is 1. The quantitative estimate of drug-likeness (QED) is 0.858. The molecule has 2 aromatic carbocycles. The summed E-state index contributed by atoms with van der Waals surface area (Å²) >= 11 is 0. The zero-order valence-electron chi connectivity index (χ0n) is 14.4. The van der Waals surface area contributed by atoms with Crippen molar-refractivity contribution in [2.24, 2.45) is 0 Å². The molecule has 0 radical (unpaired) electrons. The van der Waals surface area contributed by atoms with Gasteiger partial charge in [-0.05, 0) is 37.6 Å². The lowest BCUT2D eigenvalue weighted by Crippen LogP contribution is -1.93. The maximum atomic E-state index is 9.68. The summed E-state index contributed by atoms with van der Waals surface area (Å²) in [7, 11) is 1.59. The van der Waals surface area contributed by atoms with Crippen LogP contribution in [0.4, 0.5) is 0 Å². The molecule has 0 amide bonds. The molecule has 128 valence electrons. The Morgan fingerprint density at radius 2 is 1.83 bits per heavy atom. The van der Waals surface area contributed by atoms with E-state index >= 15 is 0 Å². The molecule has 2 aliphatic heterocycles. The fourth-order valence-electron chi connectivity index (χ4n) is 2.80. The molecule has 1 atom stereocenters. The SMILES string of the molecule is COc1c(C)c(O)cc2c1OC[C@H]2C.Cc1ccc2c(c1)OCO2. The summed E-state index contributed by atoms with van der Waals surface area (Å²) < 4.78 is 21.1. The molecular weight excluding hydrogens is 308 g/mol. The van der Waals surface area contributed by atoms with Gasteiger partial charge in [0.25, 0.3) is 0 Å². The number of hydrogen-bond acceptors (Lipinski definition) is 5. The van der Waals surface area contributed by atoms with Crippen molar-refractivity contribution in [3.63, 3.8) is 0 Å². The topological polar surface area (TPSA) is 57.2 Å². The van der Waals surface area contributed by atoms with E-state index < -0.39 is 0 Å². The molecule has 5 heteroatoms. The monoisotopic (exact) mass is 330 g/mol. The predicted molar refractivity (Wildman–Crippen MR) is 90.6 cm³/mol. The highest BCUT2D eigenvalue weighted by molar-refractivity contribution is 5.59. The first kappa shape index (κ1) is 16.3. The summed E-state index contributed by atoms with van der Waals surface area (Å²) in [5.41, 5.74) is 2.97. The minimum Gasteiger partial charge on any atom is -0.508 e. The molecule has 2 heterocycles. The zero-order valence-corrected chi connectivity index (χ0v) is 14.4. The van der Waals surface area contributed by atoms with Gasteiger partial charge in [0.05, 0.1) is 13.7 Å². The molecule has 0 spiro atoms. The van der Waals surface area contributed by atoms with Crippen LogP contribution in [0.3, 0.4) is 0 Å². The second-order valence-corrected chi connectivity index (χ2v) is 6.04. The van der Waals surface area contributed by atoms with Crippen LogP contribution in [0.2, 0.25) is 0 Å². The van der Waals surface area contributed by atoms with E-state index in [1.54, 1.807) is 13.2 Å². The van der Waals surface area contributed by atoms with Crippen molar-refractivity contribution in [3.05, 3.63) is 41.0 Å². The molecular formula is C19H22O5. The van der Waals surface area contributed by atoms with Gasteiger partial charge in [-0.3, -0.25) is 0 Å². The highest BCUT2D eigenvalue weighted by Gasteiger charge is 2.26. The molecule has 1 N–H and O–H groups in total. The molecule has 0 saturated heterocycles. The van der Waals surface area contributed by atoms with E-state index in [9.17, 15) is 5.11 Å². The van der Waals surface area contributed by atoms with E-state index in [-0.39, 0.29) is 5.75 Å². The third kappa shape index (κ3) is 2.94. The third-order valence-electron chi connectivity index (χ3n) is 4.23. The Morgan fingerprint density at radius 1 is 1.08 bits per heavy atom. The highest BCUT2D eigenvalue weighted by Crippen LogP contribution is 2.46.